The second-order valence-corrected chi connectivity index (χ2v) is 5.88. The molecule has 1 unspecified atom stereocenters. The zero-order valence-electron chi connectivity index (χ0n) is 10.4. The van der Waals surface area contributed by atoms with E-state index in [9.17, 15) is 9.59 Å². The fraction of sp³-hybridized carbons (Fsp3) is 0.333. The van der Waals surface area contributed by atoms with E-state index in [0.29, 0.717) is 21.5 Å². The molecule has 5 nitrogen and oxygen atoms in total. The molecular formula is C12H14Cl2N2O3S. The maximum atomic E-state index is 11.7. The summed E-state index contributed by atoms with van der Waals surface area (Å²) in [6.07, 6.45) is 0.221. The van der Waals surface area contributed by atoms with Gasteiger partial charge in [0.25, 0.3) is 0 Å². The standard InChI is InChI=1S/C12H14Cl2N2O3S/c13-7-2-1-3-8(14)11(7)16-10(17)4-5-20-6-9(15)12(18)19/h1-3,9H,4-6,15H2,(H,16,17)(H,18,19). The number of amides is 1. The molecule has 0 aliphatic heterocycles. The van der Waals surface area contributed by atoms with Gasteiger partial charge in [0.2, 0.25) is 5.91 Å². The Balaban J connectivity index is 2.36. The Bertz CT molecular complexity index is 479. The summed E-state index contributed by atoms with van der Waals surface area (Å²) in [4.78, 5) is 22.2. The Morgan fingerprint density at radius 3 is 2.50 bits per heavy atom. The molecule has 1 amide bonds. The van der Waals surface area contributed by atoms with Gasteiger partial charge in [-0.2, -0.15) is 11.8 Å². The summed E-state index contributed by atoms with van der Waals surface area (Å²) in [5.74, 6) is -0.564. The third-order valence-electron chi connectivity index (χ3n) is 2.32. The molecule has 1 aromatic rings. The number of rotatable bonds is 7. The van der Waals surface area contributed by atoms with Crippen LogP contribution in [0.4, 0.5) is 5.69 Å². The van der Waals surface area contributed by atoms with Crippen LogP contribution in [-0.4, -0.2) is 34.5 Å². The Morgan fingerprint density at radius 1 is 1.35 bits per heavy atom. The van der Waals surface area contributed by atoms with Gasteiger partial charge in [0.05, 0.1) is 15.7 Å². The normalized spacial score (nSPS) is 11.9. The van der Waals surface area contributed by atoms with E-state index in [1.54, 1.807) is 18.2 Å². The van der Waals surface area contributed by atoms with Crippen LogP contribution in [0, 0.1) is 0 Å². The average Bonchev–Trinajstić information content (AvgIpc) is 2.38. The lowest BCUT2D eigenvalue weighted by molar-refractivity contribution is -0.137. The topological polar surface area (TPSA) is 92.4 Å². The summed E-state index contributed by atoms with van der Waals surface area (Å²) in [6.45, 7) is 0. The highest BCUT2D eigenvalue weighted by molar-refractivity contribution is 7.99. The van der Waals surface area contributed by atoms with E-state index in [4.69, 9.17) is 34.0 Å². The molecule has 4 N–H and O–H groups in total. The van der Waals surface area contributed by atoms with Crippen LogP contribution in [0.2, 0.25) is 10.0 Å². The summed E-state index contributed by atoms with van der Waals surface area (Å²) < 4.78 is 0. The fourth-order valence-corrected chi connectivity index (χ4v) is 2.65. The number of thioether (sulfide) groups is 1. The largest absolute Gasteiger partial charge is 0.480 e. The van der Waals surface area contributed by atoms with Crippen LogP contribution in [0.5, 0.6) is 0 Å². The van der Waals surface area contributed by atoms with Crippen molar-refractivity contribution in [2.75, 3.05) is 16.8 Å². The van der Waals surface area contributed by atoms with E-state index < -0.39 is 12.0 Å². The van der Waals surface area contributed by atoms with Gasteiger partial charge < -0.3 is 16.2 Å². The van der Waals surface area contributed by atoms with E-state index in [1.165, 1.54) is 11.8 Å². The molecular weight excluding hydrogens is 323 g/mol. The molecule has 0 heterocycles. The van der Waals surface area contributed by atoms with Gasteiger partial charge in [-0.15, -0.1) is 0 Å². The quantitative estimate of drug-likeness (QED) is 0.665. The first-order valence-electron chi connectivity index (χ1n) is 5.71. The highest BCUT2D eigenvalue weighted by atomic mass is 35.5. The lowest BCUT2D eigenvalue weighted by Gasteiger charge is -2.09. The van der Waals surface area contributed by atoms with Crippen molar-refractivity contribution in [2.45, 2.75) is 12.5 Å². The van der Waals surface area contributed by atoms with Crippen molar-refractivity contribution < 1.29 is 14.7 Å². The summed E-state index contributed by atoms with van der Waals surface area (Å²) in [5.41, 5.74) is 5.72. The van der Waals surface area contributed by atoms with Gasteiger partial charge in [-0.05, 0) is 12.1 Å². The van der Waals surface area contributed by atoms with Gasteiger partial charge >= 0.3 is 5.97 Å². The second-order valence-electron chi connectivity index (χ2n) is 3.91. The van der Waals surface area contributed by atoms with Crippen molar-refractivity contribution >= 4 is 52.5 Å². The van der Waals surface area contributed by atoms with E-state index in [1.807, 2.05) is 0 Å². The number of hydrogen-bond donors (Lipinski definition) is 3. The maximum absolute atomic E-state index is 11.7. The van der Waals surface area contributed by atoms with Gasteiger partial charge in [-0.3, -0.25) is 9.59 Å². The predicted octanol–water partition coefficient (Wildman–Crippen LogP) is 2.47. The molecule has 1 rings (SSSR count). The highest BCUT2D eigenvalue weighted by Gasteiger charge is 2.12. The zero-order chi connectivity index (χ0) is 15.1. The third-order valence-corrected chi connectivity index (χ3v) is 4.03. The number of aliphatic carboxylic acids is 1. The molecule has 1 aromatic carbocycles. The first-order chi connectivity index (χ1) is 9.41. The number of nitrogens with one attached hydrogen (secondary N) is 1. The Labute approximate surface area is 130 Å². The van der Waals surface area contributed by atoms with Gasteiger partial charge in [0.15, 0.2) is 0 Å². The third kappa shape index (κ3) is 5.58. The fourth-order valence-electron chi connectivity index (χ4n) is 1.27. The summed E-state index contributed by atoms with van der Waals surface area (Å²) in [6, 6.07) is 4.03. The molecule has 0 saturated heterocycles. The molecule has 8 heteroatoms. The first kappa shape index (κ1) is 17.1. The summed E-state index contributed by atoms with van der Waals surface area (Å²) in [5, 5.41) is 12.0. The van der Waals surface area contributed by atoms with Crippen molar-refractivity contribution in [3.63, 3.8) is 0 Å². The minimum absolute atomic E-state index is 0.221. The average molecular weight is 337 g/mol. The van der Waals surface area contributed by atoms with Gasteiger partial charge in [-0.1, -0.05) is 29.3 Å². The molecule has 1 atom stereocenters. The maximum Gasteiger partial charge on any atom is 0.321 e. The van der Waals surface area contributed by atoms with Crippen molar-refractivity contribution in [3.05, 3.63) is 28.2 Å². The molecule has 0 spiro atoms. The van der Waals surface area contributed by atoms with E-state index in [-0.39, 0.29) is 18.1 Å². The van der Waals surface area contributed by atoms with Crippen LogP contribution in [0.25, 0.3) is 0 Å². The number of halogens is 2. The Hall–Kier alpha value is -0.950. The number of anilines is 1. The van der Waals surface area contributed by atoms with E-state index in [2.05, 4.69) is 5.32 Å². The number of carbonyl (C=O) groups is 2. The molecule has 110 valence electrons. The number of carbonyl (C=O) groups excluding carboxylic acids is 1. The first-order valence-corrected chi connectivity index (χ1v) is 7.63. The number of benzene rings is 1. The van der Waals surface area contributed by atoms with Crippen LogP contribution in [0.3, 0.4) is 0 Å². The Morgan fingerprint density at radius 2 is 1.95 bits per heavy atom. The Kier molecular flexibility index (Phi) is 7.15. The smallest absolute Gasteiger partial charge is 0.321 e. The minimum atomic E-state index is -1.05. The van der Waals surface area contributed by atoms with Crippen LogP contribution in [0.1, 0.15) is 6.42 Å². The summed E-state index contributed by atoms with van der Waals surface area (Å²) in [7, 11) is 0. The molecule has 0 aliphatic rings. The van der Waals surface area contributed by atoms with Gasteiger partial charge in [0, 0.05) is 17.9 Å². The lowest BCUT2D eigenvalue weighted by atomic mass is 10.3. The summed E-state index contributed by atoms with van der Waals surface area (Å²) >= 11 is 13.2. The number of para-hydroxylation sites is 1. The van der Waals surface area contributed by atoms with Crippen LogP contribution in [-0.2, 0) is 9.59 Å². The van der Waals surface area contributed by atoms with Crippen molar-refractivity contribution in [1.29, 1.82) is 0 Å². The second kappa shape index (κ2) is 8.36. The number of nitrogens with two attached hydrogens (primary N) is 1. The SMILES string of the molecule is NC(CSCCC(=O)Nc1c(Cl)cccc1Cl)C(=O)O. The molecule has 0 radical (unpaired) electrons. The molecule has 0 aromatic heterocycles. The molecule has 0 saturated carbocycles. The van der Waals surface area contributed by atoms with Gasteiger partial charge in [0.1, 0.15) is 6.04 Å². The van der Waals surface area contributed by atoms with E-state index >= 15 is 0 Å². The number of carboxylic acids is 1. The highest BCUT2D eigenvalue weighted by Crippen LogP contribution is 2.29. The van der Waals surface area contributed by atoms with Gasteiger partial charge in [-0.25, -0.2) is 0 Å². The van der Waals surface area contributed by atoms with E-state index in [0.717, 1.165) is 0 Å². The van der Waals surface area contributed by atoms with Crippen LogP contribution in [0.15, 0.2) is 18.2 Å². The van der Waals surface area contributed by atoms with Crippen molar-refractivity contribution in [3.8, 4) is 0 Å². The van der Waals surface area contributed by atoms with Crippen LogP contribution < -0.4 is 11.1 Å². The lowest BCUT2D eigenvalue weighted by Crippen LogP contribution is -2.32. The number of hydrogen-bond acceptors (Lipinski definition) is 4. The number of carboxylic acid groups (broad SMARTS) is 1. The minimum Gasteiger partial charge on any atom is -0.480 e. The predicted molar refractivity (Wildman–Crippen MR) is 82.6 cm³/mol. The van der Waals surface area contributed by atoms with Crippen molar-refractivity contribution in [1.82, 2.24) is 0 Å². The molecule has 20 heavy (non-hydrogen) atoms. The molecule has 0 bridgehead atoms. The molecule has 0 fully saturated rings. The monoisotopic (exact) mass is 336 g/mol. The van der Waals surface area contributed by atoms with Crippen LogP contribution >= 0.6 is 35.0 Å². The van der Waals surface area contributed by atoms with Crippen molar-refractivity contribution in [2.24, 2.45) is 5.73 Å². The molecule has 0 aliphatic carbocycles. The zero-order valence-corrected chi connectivity index (χ0v) is 12.8.